The average Bonchev–Trinajstić information content (AvgIpc) is 2.68. The van der Waals surface area contributed by atoms with Gasteiger partial charge in [0, 0.05) is 6.04 Å². The maximum atomic E-state index is 12.0. The largest absolute Gasteiger partial charge is 0.326 e. The minimum atomic E-state index is -0.0370. The van der Waals surface area contributed by atoms with Crippen LogP contribution in [0.5, 0.6) is 0 Å². The number of para-hydroxylation sites is 1. The Labute approximate surface area is 108 Å². The second-order valence-corrected chi connectivity index (χ2v) is 5.91. The fourth-order valence-corrected chi connectivity index (χ4v) is 3.78. The Hall–Kier alpha value is -0.870. The van der Waals surface area contributed by atoms with Crippen molar-refractivity contribution in [2.75, 3.05) is 11.5 Å². The van der Waals surface area contributed by atoms with Crippen molar-refractivity contribution in [2.24, 2.45) is 0 Å². The van der Waals surface area contributed by atoms with E-state index in [1.807, 2.05) is 34.5 Å². The van der Waals surface area contributed by atoms with Crippen molar-refractivity contribution < 1.29 is 0 Å². The van der Waals surface area contributed by atoms with E-state index in [0.717, 1.165) is 35.4 Å². The summed E-state index contributed by atoms with van der Waals surface area (Å²) in [4.78, 5) is 14.9. The summed E-state index contributed by atoms with van der Waals surface area (Å²) in [6.07, 6.45) is 2.09. The molecule has 1 saturated heterocycles. The number of halogens is 1. The maximum Gasteiger partial charge on any atom is 0.326 e. The van der Waals surface area contributed by atoms with Crippen molar-refractivity contribution >= 4 is 34.4 Å². The van der Waals surface area contributed by atoms with Gasteiger partial charge in [-0.25, -0.2) is 4.79 Å². The molecule has 0 unspecified atom stereocenters. The summed E-state index contributed by atoms with van der Waals surface area (Å²) >= 11 is 8.16. The molecule has 1 aliphatic heterocycles. The van der Waals surface area contributed by atoms with Crippen LogP contribution in [0.2, 0.25) is 5.02 Å². The molecule has 1 N–H and O–H groups in total. The second kappa shape index (κ2) is 4.42. The van der Waals surface area contributed by atoms with Gasteiger partial charge in [0.15, 0.2) is 0 Å². The minimum Gasteiger partial charge on any atom is -0.305 e. The molecule has 5 heteroatoms. The van der Waals surface area contributed by atoms with Crippen LogP contribution in [0, 0.1) is 0 Å². The molecule has 0 amide bonds. The standard InChI is InChI=1S/C12H13ClN2OS/c13-9-2-1-3-10-11(9)15(12(16)14-10)8-4-6-17-7-5-8/h1-3,8H,4-7H2,(H,14,16). The number of fused-ring (bicyclic) bond motifs is 1. The van der Waals surface area contributed by atoms with Gasteiger partial charge in [0.2, 0.25) is 0 Å². The molecule has 3 rings (SSSR count). The Balaban J connectivity index is 2.20. The van der Waals surface area contributed by atoms with Crippen molar-refractivity contribution in [1.29, 1.82) is 0 Å². The molecule has 1 aromatic carbocycles. The maximum absolute atomic E-state index is 12.0. The Bertz CT molecular complexity index is 598. The first-order valence-corrected chi connectivity index (χ1v) is 7.27. The van der Waals surface area contributed by atoms with Gasteiger partial charge in [-0.3, -0.25) is 4.57 Å². The summed E-state index contributed by atoms with van der Waals surface area (Å²) in [5.41, 5.74) is 1.65. The van der Waals surface area contributed by atoms with Gasteiger partial charge in [-0.1, -0.05) is 17.7 Å². The third-order valence-corrected chi connectivity index (χ3v) is 4.60. The molecule has 1 fully saturated rings. The van der Waals surface area contributed by atoms with Crippen LogP contribution in [0.3, 0.4) is 0 Å². The van der Waals surface area contributed by atoms with E-state index >= 15 is 0 Å². The molecule has 2 heterocycles. The lowest BCUT2D eigenvalue weighted by Crippen LogP contribution is -2.25. The number of benzene rings is 1. The molecule has 17 heavy (non-hydrogen) atoms. The van der Waals surface area contributed by atoms with E-state index in [9.17, 15) is 4.79 Å². The first-order chi connectivity index (χ1) is 8.27. The zero-order valence-corrected chi connectivity index (χ0v) is 10.9. The van der Waals surface area contributed by atoms with Crippen molar-refractivity contribution in [3.05, 3.63) is 33.7 Å². The minimum absolute atomic E-state index is 0.0370. The van der Waals surface area contributed by atoms with Gasteiger partial charge in [0.05, 0.1) is 16.1 Å². The lowest BCUT2D eigenvalue weighted by Gasteiger charge is -2.22. The van der Waals surface area contributed by atoms with Gasteiger partial charge in [0.25, 0.3) is 0 Å². The molecule has 90 valence electrons. The summed E-state index contributed by atoms with van der Waals surface area (Å²) in [5, 5.41) is 0.652. The zero-order chi connectivity index (χ0) is 11.8. The summed E-state index contributed by atoms with van der Waals surface area (Å²) in [6, 6.07) is 5.89. The Morgan fingerprint density at radius 1 is 1.35 bits per heavy atom. The van der Waals surface area contributed by atoms with Crippen LogP contribution in [0.4, 0.5) is 0 Å². The molecule has 1 aliphatic rings. The zero-order valence-electron chi connectivity index (χ0n) is 9.28. The number of H-pyrrole nitrogens is 1. The Morgan fingerprint density at radius 2 is 2.12 bits per heavy atom. The van der Waals surface area contributed by atoms with E-state index in [1.54, 1.807) is 0 Å². The molecule has 1 aromatic heterocycles. The topological polar surface area (TPSA) is 37.8 Å². The van der Waals surface area contributed by atoms with Gasteiger partial charge >= 0.3 is 5.69 Å². The third-order valence-electron chi connectivity index (χ3n) is 3.24. The molecule has 0 atom stereocenters. The lowest BCUT2D eigenvalue weighted by atomic mass is 10.1. The summed E-state index contributed by atoms with van der Waals surface area (Å²) in [6.45, 7) is 0. The third kappa shape index (κ3) is 1.89. The predicted molar refractivity (Wildman–Crippen MR) is 73.2 cm³/mol. The molecule has 0 aliphatic carbocycles. The van der Waals surface area contributed by atoms with E-state index < -0.39 is 0 Å². The highest BCUT2D eigenvalue weighted by molar-refractivity contribution is 7.99. The summed E-state index contributed by atoms with van der Waals surface area (Å²) < 4.78 is 1.84. The summed E-state index contributed by atoms with van der Waals surface area (Å²) in [7, 11) is 0. The van der Waals surface area contributed by atoms with E-state index in [0.29, 0.717) is 5.02 Å². The van der Waals surface area contributed by atoms with E-state index in [-0.39, 0.29) is 11.7 Å². The SMILES string of the molecule is O=c1[nH]c2cccc(Cl)c2n1C1CCSCC1. The number of aromatic nitrogens is 2. The first kappa shape index (κ1) is 11.2. The molecular weight excluding hydrogens is 256 g/mol. The van der Waals surface area contributed by atoms with Crippen LogP contribution < -0.4 is 5.69 Å². The van der Waals surface area contributed by atoms with Gasteiger partial charge in [-0.05, 0) is 36.5 Å². The predicted octanol–water partition coefficient (Wildman–Crippen LogP) is 3.05. The highest BCUT2D eigenvalue weighted by atomic mass is 35.5. The number of aromatic amines is 1. The van der Waals surface area contributed by atoms with Crippen LogP contribution in [-0.4, -0.2) is 21.1 Å². The molecule has 0 saturated carbocycles. The number of hydrogen-bond acceptors (Lipinski definition) is 2. The molecule has 3 nitrogen and oxygen atoms in total. The van der Waals surface area contributed by atoms with Gasteiger partial charge in [-0.15, -0.1) is 0 Å². The van der Waals surface area contributed by atoms with Crippen molar-refractivity contribution in [3.63, 3.8) is 0 Å². The number of rotatable bonds is 1. The van der Waals surface area contributed by atoms with Gasteiger partial charge in [0.1, 0.15) is 0 Å². The molecule has 0 bridgehead atoms. The molecule has 0 spiro atoms. The van der Waals surface area contributed by atoms with Crippen LogP contribution in [0.1, 0.15) is 18.9 Å². The van der Waals surface area contributed by atoms with E-state index in [2.05, 4.69) is 4.98 Å². The smallest absolute Gasteiger partial charge is 0.305 e. The van der Waals surface area contributed by atoms with Crippen molar-refractivity contribution in [3.8, 4) is 0 Å². The van der Waals surface area contributed by atoms with Crippen molar-refractivity contribution in [2.45, 2.75) is 18.9 Å². The van der Waals surface area contributed by atoms with Crippen LogP contribution in [-0.2, 0) is 0 Å². The fourth-order valence-electron chi connectivity index (χ4n) is 2.43. The van der Waals surface area contributed by atoms with E-state index in [1.165, 1.54) is 0 Å². The Kier molecular flexibility index (Phi) is 2.92. The highest BCUT2D eigenvalue weighted by Crippen LogP contribution is 2.30. The van der Waals surface area contributed by atoms with Gasteiger partial charge in [-0.2, -0.15) is 11.8 Å². The Morgan fingerprint density at radius 3 is 2.88 bits per heavy atom. The molecule has 0 radical (unpaired) electrons. The number of thioether (sulfide) groups is 1. The van der Waals surface area contributed by atoms with Crippen LogP contribution >= 0.6 is 23.4 Å². The van der Waals surface area contributed by atoms with Crippen molar-refractivity contribution in [1.82, 2.24) is 9.55 Å². The fraction of sp³-hybridized carbons (Fsp3) is 0.417. The quantitative estimate of drug-likeness (QED) is 0.863. The van der Waals surface area contributed by atoms with Crippen LogP contribution in [0.25, 0.3) is 11.0 Å². The number of nitrogens with zero attached hydrogens (tertiary/aromatic N) is 1. The first-order valence-electron chi connectivity index (χ1n) is 5.74. The van der Waals surface area contributed by atoms with Crippen LogP contribution in [0.15, 0.2) is 23.0 Å². The van der Waals surface area contributed by atoms with Gasteiger partial charge < -0.3 is 4.98 Å². The number of imidazole rings is 1. The molecular formula is C12H13ClN2OS. The summed E-state index contributed by atoms with van der Waals surface area (Å²) in [5.74, 6) is 2.24. The average molecular weight is 269 g/mol. The second-order valence-electron chi connectivity index (χ2n) is 4.28. The number of nitrogens with one attached hydrogen (secondary N) is 1. The molecule has 2 aromatic rings. The van der Waals surface area contributed by atoms with E-state index in [4.69, 9.17) is 11.6 Å². The normalized spacial score (nSPS) is 17.7. The highest BCUT2D eigenvalue weighted by Gasteiger charge is 2.21. The number of hydrogen-bond donors (Lipinski definition) is 1. The lowest BCUT2D eigenvalue weighted by molar-refractivity contribution is 0.469. The monoisotopic (exact) mass is 268 g/mol.